The average molecular weight is 299 g/mol. The Balaban J connectivity index is 2.18. The molecule has 0 heterocycles. The number of hydrogen-bond donors (Lipinski definition) is 2. The Bertz CT molecular complexity index is 371. The van der Waals surface area contributed by atoms with Crippen LogP contribution in [-0.4, -0.2) is 29.5 Å². The van der Waals surface area contributed by atoms with E-state index in [4.69, 9.17) is 0 Å². The van der Waals surface area contributed by atoms with Crippen LogP contribution in [0.5, 0.6) is 0 Å². The maximum atomic E-state index is 12.8. The monoisotopic (exact) mass is 299 g/mol. The van der Waals surface area contributed by atoms with Crippen molar-refractivity contribution < 1.29 is 9.50 Å². The maximum absolute atomic E-state index is 12.8. The number of hydrogen-bond acceptors (Lipinski definition) is 3. The fraction of sp³-hybridized carbons (Fsp3) is 0.625. The quantitative estimate of drug-likeness (QED) is 0.508. The van der Waals surface area contributed by atoms with Crippen LogP contribution in [0.2, 0.25) is 0 Å². The molecule has 1 aromatic carbocycles. The minimum Gasteiger partial charge on any atom is -0.394 e. The molecule has 0 amide bonds. The molecule has 0 bridgehead atoms. The van der Waals surface area contributed by atoms with Crippen molar-refractivity contribution in [2.45, 2.75) is 50.0 Å². The lowest BCUT2D eigenvalue weighted by Crippen LogP contribution is -2.46. The van der Waals surface area contributed by atoms with Gasteiger partial charge in [-0.3, -0.25) is 0 Å². The third kappa shape index (κ3) is 6.73. The van der Waals surface area contributed by atoms with E-state index in [-0.39, 0.29) is 18.0 Å². The van der Waals surface area contributed by atoms with Crippen LogP contribution in [0.3, 0.4) is 0 Å². The van der Waals surface area contributed by atoms with Crippen molar-refractivity contribution in [3.63, 3.8) is 0 Å². The standard InChI is InChI=1S/C16H26FNOS/c1-3-11-18-16(2,13-19)10-4-5-12-20-15-8-6-14(17)7-9-15/h6-9,18-19H,3-5,10-13H2,1-2H3. The largest absolute Gasteiger partial charge is 0.394 e. The Morgan fingerprint density at radius 1 is 1.25 bits per heavy atom. The van der Waals surface area contributed by atoms with Gasteiger partial charge in [0.15, 0.2) is 0 Å². The summed E-state index contributed by atoms with van der Waals surface area (Å²) in [5.74, 6) is 0.844. The molecule has 0 spiro atoms. The summed E-state index contributed by atoms with van der Waals surface area (Å²) in [4.78, 5) is 1.11. The van der Waals surface area contributed by atoms with Crippen LogP contribution < -0.4 is 5.32 Å². The van der Waals surface area contributed by atoms with Gasteiger partial charge in [-0.2, -0.15) is 0 Å². The fourth-order valence-electron chi connectivity index (χ4n) is 1.99. The topological polar surface area (TPSA) is 32.3 Å². The summed E-state index contributed by atoms with van der Waals surface area (Å²) in [5, 5.41) is 12.9. The van der Waals surface area contributed by atoms with E-state index >= 15 is 0 Å². The molecule has 0 aliphatic rings. The minimum atomic E-state index is -0.185. The highest BCUT2D eigenvalue weighted by Crippen LogP contribution is 2.21. The van der Waals surface area contributed by atoms with Crippen molar-refractivity contribution in [1.82, 2.24) is 5.32 Å². The first-order chi connectivity index (χ1) is 9.59. The van der Waals surface area contributed by atoms with Crippen molar-refractivity contribution in [3.8, 4) is 0 Å². The lowest BCUT2D eigenvalue weighted by Gasteiger charge is -2.28. The molecule has 2 N–H and O–H groups in total. The Morgan fingerprint density at radius 2 is 1.95 bits per heavy atom. The first kappa shape index (κ1) is 17.5. The molecule has 0 aliphatic heterocycles. The Morgan fingerprint density at radius 3 is 2.55 bits per heavy atom. The van der Waals surface area contributed by atoms with E-state index in [9.17, 15) is 9.50 Å². The average Bonchev–Trinajstić information content (AvgIpc) is 2.47. The van der Waals surface area contributed by atoms with E-state index in [0.717, 1.165) is 42.9 Å². The third-order valence-electron chi connectivity index (χ3n) is 3.36. The van der Waals surface area contributed by atoms with Gasteiger partial charge in [0.1, 0.15) is 5.82 Å². The first-order valence-electron chi connectivity index (χ1n) is 7.34. The van der Waals surface area contributed by atoms with Crippen LogP contribution in [0.15, 0.2) is 29.2 Å². The summed E-state index contributed by atoms with van der Waals surface area (Å²) in [5.41, 5.74) is -0.156. The van der Waals surface area contributed by atoms with Gasteiger partial charge in [0.25, 0.3) is 0 Å². The molecular formula is C16H26FNOS. The van der Waals surface area contributed by atoms with E-state index in [2.05, 4.69) is 19.2 Å². The van der Waals surface area contributed by atoms with E-state index in [1.165, 1.54) is 12.1 Å². The van der Waals surface area contributed by atoms with Gasteiger partial charge in [0.2, 0.25) is 0 Å². The molecule has 0 radical (unpaired) electrons. The summed E-state index contributed by atoms with van der Waals surface area (Å²) in [7, 11) is 0. The van der Waals surface area contributed by atoms with Gasteiger partial charge in [0, 0.05) is 10.4 Å². The van der Waals surface area contributed by atoms with Crippen LogP contribution in [0, 0.1) is 5.82 Å². The van der Waals surface area contributed by atoms with Gasteiger partial charge in [-0.15, -0.1) is 11.8 Å². The van der Waals surface area contributed by atoms with Crippen LogP contribution in [0.25, 0.3) is 0 Å². The Hall–Kier alpha value is -0.580. The maximum Gasteiger partial charge on any atom is 0.123 e. The zero-order chi connectivity index (χ0) is 14.8. The van der Waals surface area contributed by atoms with Gasteiger partial charge in [-0.1, -0.05) is 13.3 Å². The molecule has 1 unspecified atom stereocenters. The van der Waals surface area contributed by atoms with Crippen molar-refractivity contribution in [2.24, 2.45) is 0 Å². The molecule has 0 aromatic heterocycles. The zero-order valence-electron chi connectivity index (χ0n) is 12.5. The molecule has 1 atom stereocenters. The second-order valence-corrected chi connectivity index (χ2v) is 6.57. The number of aliphatic hydroxyl groups is 1. The molecule has 20 heavy (non-hydrogen) atoms. The van der Waals surface area contributed by atoms with Gasteiger partial charge < -0.3 is 10.4 Å². The lowest BCUT2D eigenvalue weighted by atomic mass is 9.96. The summed E-state index contributed by atoms with van der Waals surface area (Å²) in [6, 6.07) is 6.64. The number of unbranched alkanes of at least 4 members (excludes halogenated alkanes) is 1. The van der Waals surface area contributed by atoms with E-state index in [1.54, 1.807) is 11.8 Å². The normalized spacial score (nSPS) is 14.2. The van der Waals surface area contributed by atoms with Crippen molar-refractivity contribution in [3.05, 3.63) is 30.1 Å². The molecule has 1 rings (SSSR count). The first-order valence-corrected chi connectivity index (χ1v) is 8.32. The highest BCUT2D eigenvalue weighted by Gasteiger charge is 2.21. The predicted octanol–water partition coefficient (Wildman–Crippen LogP) is 3.84. The molecular weight excluding hydrogens is 273 g/mol. The van der Waals surface area contributed by atoms with Crippen LogP contribution in [0.1, 0.15) is 39.5 Å². The van der Waals surface area contributed by atoms with Crippen LogP contribution >= 0.6 is 11.8 Å². The molecule has 0 aliphatic carbocycles. The number of rotatable bonds is 10. The Kier molecular flexibility index (Phi) is 8.19. The molecule has 0 saturated carbocycles. The number of aliphatic hydroxyl groups excluding tert-OH is 1. The van der Waals surface area contributed by atoms with E-state index in [0.29, 0.717) is 0 Å². The summed E-state index contributed by atoms with van der Waals surface area (Å²) in [6.45, 7) is 5.33. The van der Waals surface area contributed by atoms with Crippen molar-refractivity contribution in [2.75, 3.05) is 18.9 Å². The second kappa shape index (κ2) is 9.37. The highest BCUT2D eigenvalue weighted by molar-refractivity contribution is 7.99. The fourth-order valence-corrected chi connectivity index (χ4v) is 2.90. The smallest absolute Gasteiger partial charge is 0.123 e. The van der Waals surface area contributed by atoms with E-state index in [1.807, 2.05) is 12.1 Å². The van der Waals surface area contributed by atoms with Crippen LogP contribution in [0.4, 0.5) is 4.39 Å². The van der Waals surface area contributed by atoms with Gasteiger partial charge in [0.05, 0.1) is 6.61 Å². The van der Waals surface area contributed by atoms with Gasteiger partial charge >= 0.3 is 0 Å². The van der Waals surface area contributed by atoms with Crippen molar-refractivity contribution >= 4 is 11.8 Å². The lowest BCUT2D eigenvalue weighted by molar-refractivity contribution is 0.163. The summed E-state index contributed by atoms with van der Waals surface area (Å²) in [6.07, 6.45) is 4.25. The number of benzene rings is 1. The SMILES string of the molecule is CCCNC(C)(CO)CCCCSc1ccc(F)cc1. The molecule has 2 nitrogen and oxygen atoms in total. The summed E-state index contributed by atoms with van der Waals surface area (Å²) < 4.78 is 12.8. The van der Waals surface area contributed by atoms with Gasteiger partial charge in [-0.05, 0) is 62.7 Å². The molecule has 1 aromatic rings. The molecule has 114 valence electrons. The van der Waals surface area contributed by atoms with E-state index < -0.39 is 0 Å². The minimum absolute atomic E-state index is 0.156. The number of nitrogens with one attached hydrogen (secondary N) is 1. The number of halogens is 1. The second-order valence-electron chi connectivity index (χ2n) is 5.41. The Labute approximate surface area is 126 Å². The highest BCUT2D eigenvalue weighted by atomic mass is 32.2. The number of thioether (sulfide) groups is 1. The van der Waals surface area contributed by atoms with Crippen molar-refractivity contribution in [1.29, 1.82) is 0 Å². The molecule has 4 heteroatoms. The van der Waals surface area contributed by atoms with Crippen LogP contribution in [-0.2, 0) is 0 Å². The molecule has 0 fully saturated rings. The summed E-state index contributed by atoms with van der Waals surface area (Å²) >= 11 is 1.76. The van der Waals surface area contributed by atoms with Gasteiger partial charge in [-0.25, -0.2) is 4.39 Å². The third-order valence-corrected chi connectivity index (χ3v) is 4.45. The zero-order valence-corrected chi connectivity index (χ0v) is 13.3. The predicted molar refractivity (Wildman–Crippen MR) is 84.8 cm³/mol. The molecule has 0 saturated heterocycles.